The van der Waals surface area contributed by atoms with Gasteiger partial charge in [-0.2, -0.15) is 0 Å². The summed E-state index contributed by atoms with van der Waals surface area (Å²) in [5.74, 6) is 0.825. The lowest BCUT2D eigenvalue weighted by atomic mass is 10.1. The predicted molar refractivity (Wildman–Crippen MR) is 127 cm³/mol. The van der Waals surface area contributed by atoms with Crippen LogP contribution in [0.3, 0.4) is 0 Å². The van der Waals surface area contributed by atoms with E-state index in [4.69, 9.17) is 0 Å². The molecule has 1 unspecified atom stereocenters. The molecule has 30 heavy (non-hydrogen) atoms. The maximum absolute atomic E-state index is 9.64. The Morgan fingerprint density at radius 2 is 1.73 bits per heavy atom. The SMILES string of the molecule is CN=C(NCc1ccc(CN2CCC(O)CC2)cc1)NCC(C)Sc1ccccc1. The molecule has 3 rings (SSSR count). The number of aliphatic imine (C=N–C) groups is 1. The third-order valence-electron chi connectivity index (χ3n) is 5.31. The first-order valence-corrected chi connectivity index (χ1v) is 11.6. The van der Waals surface area contributed by atoms with Crippen molar-refractivity contribution in [2.45, 2.75) is 49.1 Å². The number of aliphatic hydroxyl groups excluding tert-OH is 1. The van der Waals surface area contributed by atoms with E-state index in [-0.39, 0.29) is 6.10 Å². The number of aliphatic hydroxyl groups is 1. The van der Waals surface area contributed by atoms with Crippen molar-refractivity contribution in [2.75, 3.05) is 26.7 Å². The molecule has 0 radical (unpaired) electrons. The highest BCUT2D eigenvalue weighted by Crippen LogP contribution is 2.21. The molecule has 0 aliphatic carbocycles. The minimum atomic E-state index is -0.113. The number of guanidine groups is 1. The topological polar surface area (TPSA) is 59.9 Å². The molecule has 1 heterocycles. The van der Waals surface area contributed by atoms with Gasteiger partial charge in [-0.1, -0.05) is 49.4 Å². The molecular weight excluding hydrogens is 392 g/mol. The average Bonchev–Trinajstić information content (AvgIpc) is 2.77. The van der Waals surface area contributed by atoms with Crippen molar-refractivity contribution in [3.63, 3.8) is 0 Å². The van der Waals surface area contributed by atoms with Crippen LogP contribution in [0.25, 0.3) is 0 Å². The highest BCUT2D eigenvalue weighted by molar-refractivity contribution is 8.00. The van der Waals surface area contributed by atoms with Crippen molar-refractivity contribution in [3.8, 4) is 0 Å². The summed E-state index contributed by atoms with van der Waals surface area (Å²) in [7, 11) is 1.81. The van der Waals surface area contributed by atoms with E-state index in [0.29, 0.717) is 5.25 Å². The number of nitrogens with zero attached hydrogens (tertiary/aromatic N) is 2. The minimum absolute atomic E-state index is 0.113. The van der Waals surface area contributed by atoms with Gasteiger partial charge in [-0.05, 0) is 36.1 Å². The molecular formula is C24H34N4OS. The van der Waals surface area contributed by atoms with Gasteiger partial charge in [-0.3, -0.25) is 9.89 Å². The molecule has 0 spiro atoms. The third-order valence-corrected chi connectivity index (χ3v) is 6.42. The molecule has 1 atom stereocenters. The van der Waals surface area contributed by atoms with E-state index in [1.165, 1.54) is 16.0 Å². The molecule has 5 nitrogen and oxygen atoms in total. The molecule has 0 bridgehead atoms. The van der Waals surface area contributed by atoms with Gasteiger partial charge < -0.3 is 15.7 Å². The number of nitrogens with one attached hydrogen (secondary N) is 2. The van der Waals surface area contributed by atoms with Crippen LogP contribution in [0.2, 0.25) is 0 Å². The van der Waals surface area contributed by atoms with Crippen LogP contribution in [-0.4, -0.2) is 54.0 Å². The first kappa shape index (κ1) is 22.7. The van der Waals surface area contributed by atoms with Crippen LogP contribution < -0.4 is 10.6 Å². The van der Waals surface area contributed by atoms with E-state index in [1.54, 1.807) is 0 Å². The number of piperidine rings is 1. The predicted octanol–water partition coefficient (Wildman–Crippen LogP) is 3.49. The maximum Gasteiger partial charge on any atom is 0.191 e. The van der Waals surface area contributed by atoms with Crippen molar-refractivity contribution in [2.24, 2.45) is 4.99 Å². The minimum Gasteiger partial charge on any atom is -0.393 e. The van der Waals surface area contributed by atoms with Crippen molar-refractivity contribution in [3.05, 3.63) is 65.7 Å². The van der Waals surface area contributed by atoms with E-state index < -0.39 is 0 Å². The molecule has 1 saturated heterocycles. The van der Waals surface area contributed by atoms with Gasteiger partial charge in [-0.25, -0.2) is 0 Å². The van der Waals surface area contributed by atoms with Crippen molar-refractivity contribution >= 4 is 17.7 Å². The van der Waals surface area contributed by atoms with E-state index in [2.05, 4.69) is 76.0 Å². The molecule has 2 aromatic carbocycles. The van der Waals surface area contributed by atoms with Crippen LogP contribution in [0.4, 0.5) is 0 Å². The first-order chi connectivity index (χ1) is 14.6. The lowest BCUT2D eigenvalue weighted by Gasteiger charge is -2.29. The Bertz CT molecular complexity index is 774. The standard InChI is InChI=1S/C24H34N4OS/c1-19(30-23-6-4-3-5-7-23)16-26-24(25-2)27-17-20-8-10-21(11-9-20)18-28-14-12-22(29)13-15-28/h3-11,19,22,29H,12-18H2,1-2H3,(H2,25,26,27). The third kappa shape index (κ3) is 7.67. The van der Waals surface area contributed by atoms with Gasteiger partial charge in [0.1, 0.15) is 0 Å². The Hall–Kier alpha value is -2.02. The summed E-state index contributed by atoms with van der Waals surface area (Å²) in [5, 5.41) is 16.9. The Morgan fingerprint density at radius 1 is 1.07 bits per heavy atom. The summed E-state index contributed by atoms with van der Waals surface area (Å²) in [4.78, 5) is 8.05. The van der Waals surface area contributed by atoms with Gasteiger partial charge in [0.2, 0.25) is 0 Å². The van der Waals surface area contributed by atoms with Crippen molar-refractivity contribution in [1.82, 2.24) is 15.5 Å². The van der Waals surface area contributed by atoms with E-state index in [9.17, 15) is 5.11 Å². The van der Waals surface area contributed by atoms with Gasteiger partial charge in [-0.15, -0.1) is 11.8 Å². The van der Waals surface area contributed by atoms with Crippen molar-refractivity contribution < 1.29 is 5.11 Å². The first-order valence-electron chi connectivity index (χ1n) is 10.8. The van der Waals surface area contributed by atoms with Gasteiger partial charge in [0.25, 0.3) is 0 Å². The lowest BCUT2D eigenvalue weighted by Crippen LogP contribution is -2.39. The molecule has 1 aliphatic rings. The van der Waals surface area contributed by atoms with Crippen molar-refractivity contribution in [1.29, 1.82) is 0 Å². The highest BCUT2D eigenvalue weighted by atomic mass is 32.2. The quantitative estimate of drug-likeness (QED) is 0.343. The number of thioether (sulfide) groups is 1. The summed E-state index contributed by atoms with van der Waals surface area (Å²) in [6, 6.07) is 19.3. The highest BCUT2D eigenvalue weighted by Gasteiger charge is 2.16. The molecule has 162 valence electrons. The molecule has 3 N–H and O–H groups in total. The monoisotopic (exact) mass is 426 g/mol. The molecule has 1 aliphatic heterocycles. The molecule has 1 fully saturated rings. The fourth-order valence-corrected chi connectivity index (χ4v) is 4.46. The van der Waals surface area contributed by atoms with E-state index >= 15 is 0 Å². The molecule has 6 heteroatoms. The molecule has 2 aromatic rings. The summed E-state index contributed by atoms with van der Waals surface area (Å²) >= 11 is 1.86. The zero-order chi connectivity index (χ0) is 21.2. The number of likely N-dealkylation sites (tertiary alicyclic amines) is 1. The van der Waals surface area contributed by atoms with Gasteiger partial charge in [0.15, 0.2) is 5.96 Å². The summed E-state index contributed by atoms with van der Waals surface area (Å²) in [6.07, 6.45) is 1.66. The number of hydrogen-bond acceptors (Lipinski definition) is 4. The normalized spacial score (nSPS) is 17.0. The number of benzene rings is 2. The van der Waals surface area contributed by atoms with Crippen LogP contribution in [0.1, 0.15) is 30.9 Å². The second-order valence-corrected chi connectivity index (χ2v) is 9.38. The van der Waals surface area contributed by atoms with Crippen LogP contribution in [-0.2, 0) is 13.1 Å². The van der Waals surface area contributed by atoms with Gasteiger partial charge in [0.05, 0.1) is 6.10 Å². The second kappa shape index (κ2) is 12.0. The largest absolute Gasteiger partial charge is 0.393 e. The van der Waals surface area contributed by atoms with Crippen LogP contribution >= 0.6 is 11.8 Å². The molecule has 0 saturated carbocycles. The van der Waals surface area contributed by atoms with Crippen LogP contribution in [0.5, 0.6) is 0 Å². The fourth-order valence-electron chi connectivity index (χ4n) is 3.52. The van der Waals surface area contributed by atoms with Gasteiger partial charge in [0, 0.05) is 49.9 Å². The summed E-state index contributed by atoms with van der Waals surface area (Å²) in [6.45, 7) is 6.74. The smallest absolute Gasteiger partial charge is 0.191 e. The van der Waals surface area contributed by atoms with E-state index in [1.807, 2.05) is 24.9 Å². The van der Waals surface area contributed by atoms with Crippen LogP contribution in [0, 0.1) is 0 Å². The lowest BCUT2D eigenvalue weighted by molar-refractivity contribution is 0.0792. The molecule has 0 amide bonds. The average molecular weight is 427 g/mol. The number of hydrogen-bond donors (Lipinski definition) is 3. The Kier molecular flexibility index (Phi) is 9.05. The Balaban J connectivity index is 1.39. The van der Waals surface area contributed by atoms with Gasteiger partial charge >= 0.3 is 0 Å². The molecule has 0 aromatic heterocycles. The zero-order valence-electron chi connectivity index (χ0n) is 18.1. The zero-order valence-corrected chi connectivity index (χ0v) is 18.9. The Labute approximate surface area is 185 Å². The fraction of sp³-hybridized carbons (Fsp3) is 0.458. The van der Waals surface area contributed by atoms with E-state index in [0.717, 1.165) is 51.5 Å². The summed E-state index contributed by atoms with van der Waals surface area (Å²) < 4.78 is 0. The Morgan fingerprint density at radius 3 is 2.40 bits per heavy atom. The summed E-state index contributed by atoms with van der Waals surface area (Å²) in [5.41, 5.74) is 2.56. The number of rotatable bonds is 8. The van der Waals surface area contributed by atoms with Crippen LogP contribution in [0.15, 0.2) is 64.5 Å². The maximum atomic E-state index is 9.64. The second-order valence-electron chi connectivity index (χ2n) is 7.87.